The lowest BCUT2D eigenvalue weighted by Crippen LogP contribution is -2.35. The number of rotatable bonds is 6. The second kappa shape index (κ2) is 15.6. The molecule has 0 aromatic heterocycles. The normalized spacial score (nSPS) is 20.9. The van der Waals surface area contributed by atoms with E-state index in [2.05, 4.69) is 228 Å². The van der Waals surface area contributed by atoms with Crippen molar-refractivity contribution in [1.29, 1.82) is 0 Å². The van der Waals surface area contributed by atoms with Gasteiger partial charge >= 0.3 is 0 Å². The van der Waals surface area contributed by atoms with Crippen molar-refractivity contribution >= 4 is 39.1 Å². The van der Waals surface area contributed by atoms with Gasteiger partial charge < -0.3 is 0 Å². The van der Waals surface area contributed by atoms with Crippen molar-refractivity contribution in [2.45, 2.75) is 82.5 Å². The van der Waals surface area contributed by atoms with Crippen molar-refractivity contribution in [3.8, 4) is 22.3 Å². The van der Waals surface area contributed by atoms with Crippen LogP contribution >= 0.6 is 0 Å². The third-order valence-electron chi connectivity index (χ3n) is 17.8. The summed E-state index contributed by atoms with van der Waals surface area (Å²) in [6.07, 6.45) is 15.4. The molecule has 0 fully saturated rings. The van der Waals surface area contributed by atoms with E-state index < -0.39 is 0 Å². The van der Waals surface area contributed by atoms with E-state index in [0.717, 1.165) is 25.7 Å². The van der Waals surface area contributed by atoms with Crippen molar-refractivity contribution in [2.24, 2.45) is 5.92 Å². The Bertz CT molecular complexity index is 3770. The van der Waals surface area contributed by atoms with Crippen molar-refractivity contribution in [2.75, 3.05) is 0 Å². The summed E-state index contributed by atoms with van der Waals surface area (Å²) in [5.41, 5.74) is 26.6. The molecule has 70 heavy (non-hydrogen) atoms. The maximum absolute atomic E-state index is 2.65. The van der Waals surface area contributed by atoms with Gasteiger partial charge in [-0.1, -0.05) is 210 Å². The van der Waals surface area contributed by atoms with Crippen molar-refractivity contribution in [3.63, 3.8) is 0 Å². The third-order valence-corrected chi connectivity index (χ3v) is 17.8. The molecule has 3 unspecified atom stereocenters. The van der Waals surface area contributed by atoms with Crippen LogP contribution in [0.4, 0.5) is 0 Å². The molecule has 0 heterocycles. The highest BCUT2D eigenvalue weighted by Crippen LogP contribution is 2.59. The second-order valence-corrected chi connectivity index (χ2v) is 22.2. The van der Waals surface area contributed by atoms with Crippen LogP contribution in [0, 0.1) is 5.92 Å². The monoisotopic (exact) mass is 898 g/mol. The fourth-order valence-electron chi connectivity index (χ4n) is 14.2. The second-order valence-electron chi connectivity index (χ2n) is 22.2. The molecule has 0 aliphatic heterocycles. The summed E-state index contributed by atoms with van der Waals surface area (Å²) in [4.78, 5) is 0. The molecule has 0 heteroatoms. The van der Waals surface area contributed by atoms with Crippen LogP contribution in [0.1, 0.15) is 122 Å². The smallest absolute Gasteiger partial charge is 0.0159 e. The molecule has 6 aliphatic carbocycles. The molecule has 3 atom stereocenters. The van der Waals surface area contributed by atoms with Gasteiger partial charge in [-0.2, -0.15) is 0 Å². The van der Waals surface area contributed by atoms with Gasteiger partial charge in [0.25, 0.3) is 0 Å². The summed E-state index contributed by atoms with van der Waals surface area (Å²) >= 11 is 0. The highest BCUT2D eigenvalue weighted by Gasteiger charge is 2.49. The first-order valence-electron chi connectivity index (χ1n) is 25.9. The third kappa shape index (κ3) is 6.28. The Balaban J connectivity index is 0.876. The summed E-state index contributed by atoms with van der Waals surface area (Å²) in [6.45, 7) is 10.0. The molecule has 8 aromatic carbocycles. The maximum atomic E-state index is 2.65. The van der Waals surface area contributed by atoms with Gasteiger partial charge in [0.15, 0.2) is 0 Å². The molecule has 0 saturated heterocycles. The Morgan fingerprint density at radius 1 is 0.500 bits per heavy atom. The summed E-state index contributed by atoms with van der Waals surface area (Å²) in [5, 5.41) is 5.83. The van der Waals surface area contributed by atoms with E-state index >= 15 is 0 Å². The molecule has 0 radical (unpaired) electrons. The predicted octanol–water partition coefficient (Wildman–Crippen LogP) is 16.4. The van der Waals surface area contributed by atoms with Gasteiger partial charge in [-0.15, -0.1) is 0 Å². The highest BCUT2D eigenvalue weighted by atomic mass is 14.5. The van der Waals surface area contributed by atoms with Gasteiger partial charge in [0.1, 0.15) is 0 Å². The fraction of sp³-hybridized carbons (Fsp3) is 0.200. The van der Waals surface area contributed by atoms with Crippen LogP contribution < -0.4 is 10.4 Å². The zero-order valence-electron chi connectivity index (χ0n) is 40.8. The Hall–Kier alpha value is -7.28. The minimum absolute atomic E-state index is 0.0482. The Morgan fingerprint density at radius 3 is 2.00 bits per heavy atom. The van der Waals surface area contributed by atoms with E-state index in [4.69, 9.17) is 0 Å². The van der Waals surface area contributed by atoms with E-state index in [1.54, 1.807) is 11.1 Å². The number of fused-ring (bicyclic) bond motifs is 6. The zero-order chi connectivity index (χ0) is 46.9. The van der Waals surface area contributed by atoms with Crippen LogP contribution in [0.3, 0.4) is 0 Å². The first-order chi connectivity index (χ1) is 34.2. The van der Waals surface area contributed by atoms with E-state index in [1.165, 1.54) is 122 Å². The quantitative estimate of drug-likeness (QED) is 0.156. The number of allylic oxidation sites excluding steroid dienone is 8. The van der Waals surface area contributed by atoms with Crippen molar-refractivity contribution in [3.05, 3.63) is 266 Å². The lowest BCUT2D eigenvalue weighted by atomic mass is 9.66. The fourth-order valence-corrected chi connectivity index (χ4v) is 14.2. The van der Waals surface area contributed by atoms with Gasteiger partial charge in [0.2, 0.25) is 0 Å². The predicted molar refractivity (Wildman–Crippen MR) is 295 cm³/mol. The molecule has 8 aromatic rings. The Morgan fingerprint density at radius 2 is 1.20 bits per heavy atom. The molecule has 0 amide bonds. The summed E-state index contributed by atoms with van der Waals surface area (Å²) in [6, 6.07) is 67.2. The van der Waals surface area contributed by atoms with Crippen LogP contribution in [0.25, 0.3) is 61.4 Å². The first-order valence-corrected chi connectivity index (χ1v) is 25.9. The molecule has 0 N–H and O–H groups in total. The molecular weight excluding hydrogens is 841 g/mol. The molecule has 0 saturated carbocycles. The lowest BCUT2D eigenvalue weighted by molar-refractivity contribution is 0.358. The first kappa shape index (κ1) is 41.7. The minimum Gasteiger partial charge on any atom is -0.0763 e. The van der Waals surface area contributed by atoms with Gasteiger partial charge in [0.05, 0.1) is 0 Å². The van der Waals surface area contributed by atoms with Gasteiger partial charge in [-0.05, 0) is 195 Å². The molecule has 0 nitrogen and oxygen atoms in total. The Labute approximate surface area is 413 Å². The summed E-state index contributed by atoms with van der Waals surface area (Å²) < 4.78 is 0. The average Bonchev–Trinajstić information content (AvgIpc) is 3.77. The van der Waals surface area contributed by atoms with E-state index in [0.29, 0.717) is 11.8 Å². The van der Waals surface area contributed by atoms with E-state index in [9.17, 15) is 0 Å². The largest absolute Gasteiger partial charge is 0.0763 e. The molecular formula is C70H58. The van der Waals surface area contributed by atoms with Gasteiger partial charge in [-0.25, -0.2) is 0 Å². The van der Waals surface area contributed by atoms with E-state index in [-0.39, 0.29) is 16.7 Å². The summed E-state index contributed by atoms with van der Waals surface area (Å²) in [5.74, 6) is 1.26. The summed E-state index contributed by atoms with van der Waals surface area (Å²) in [7, 11) is 0. The topological polar surface area (TPSA) is 0 Å². The molecule has 338 valence electrons. The van der Waals surface area contributed by atoms with Crippen molar-refractivity contribution < 1.29 is 0 Å². The molecule has 14 rings (SSSR count). The average molecular weight is 899 g/mol. The van der Waals surface area contributed by atoms with Crippen molar-refractivity contribution in [1.82, 2.24) is 0 Å². The number of hydrogen-bond donors (Lipinski definition) is 0. The maximum Gasteiger partial charge on any atom is 0.0159 e. The lowest BCUT2D eigenvalue weighted by Gasteiger charge is -2.37. The zero-order valence-corrected chi connectivity index (χ0v) is 40.8. The van der Waals surface area contributed by atoms with Crippen LogP contribution in [0.2, 0.25) is 0 Å². The molecule has 6 aliphatic rings. The van der Waals surface area contributed by atoms with Crippen LogP contribution in [0.15, 0.2) is 205 Å². The van der Waals surface area contributed by atoms with Gasteiger partial charge in [0, 0.05) is 11.3 Å². The van der Waals surface area contributed by atoms with Crippen LogP contribution in [-0.2, 0) is 10.8 Å². The van der Waals surface area contributed by atoms with Gasteiger partial charge in [-0.3, -0.25) is 0 Å². The highest BCUT2D eigenvalue weighted by molar-refractivity contribution is 6.01. The SMILES string of the molecule is CC1(C)c2cc(-c3cccc(C4CC(C5=CC(c6ccccc6)=CCC5)=CC(c5ccccc5)=C4c4ccccc4)c3)ccc2-c2cc3c(cc21)C1=c2ccc4cccc5c4c2C(CC=5)CC1C3(C)C. The van der Waals surface area contributed by atoms with Crippen LogP contribution in [0.5, 0.6) is 0 Å². The number of hydrogen-bond acceptors (Lipinski definition) is 0. The van der Waals surface area contributed by atoms with Crippen LogP contribution in [-0.4, -0.2) is 0 Å². The number of benzene rings is 8. The molecule has 0 bridgehead atoms. The van der Waals surface area contributed by atoms with E-state index in [1.807, 2.05) is 0 Å². The molecule has 0 spiro atoms. The Kier molecular flexibility index (Phi) is 9.30. The minimum atomic E-state index is -0.148. The standard InChI is InChI=1S/C70H58/c1-69(2)61-39-51(32-33-55(61)59-41-63-60(42-62(59)69)68-56-34-31-47-24-14-23-46-29-30-53(67(56)65(46)47)40-64(68)70(63,3)4)49-26-16-28-52(36-49)58-38-54(50-27-15-25-48(35-50)43-17-8-5-9-18-43)37-57(44-19-10-6-11-20-44)66(58)45-21-12-7-13-22-45/h5-14,16-26,28-29,31-37,39,41-42,53,58,64H,15,27,30,38,40H2,1-4H3.